The number of hydrogen-bond acceptors (Lipinski definition) is 4. The van der Waals surface area contributed by atoms with Gasteiger partial charge in [0.15, 0.2) is 0 Å². The van der Waals surface area contributed by atoms with Crippen molar-refractivity contribution in [2.24, 2.45) is 0 Å². The van der Waals surface area contributed by atoms with E-state index in [4.69, 9.17) is 4.74 Å². The maximum atomic E-state index is 10.8. The predicted octanol–water partition coefficient (Wildman–Crippen LogP) is 0.708. The van der Waals surface area contributed by atoms with Gasteiger partial charge in [-0.1, -0.05) is 0 Å². The quantitative estimate of drug-likeness (QED) is 0.525. The van der Waals surface area contributed by atoms with Crippen LogP contribution >= 0.6 is 0 Å². The van der Waals surface area contributed by atoms with Crippen molar-refractivity contribution < 1.29 is 14.3 Å². The first-order chi connectivity index (χ1) is 6.83. The van der Waals surface area contributed by atoms with Gasteiger partial charge in [-0.05, 0) is 25.8 Å². The lowest BCUT2D eigenvalue weighted by molar-refractivity contribution is -0.140. The molecular formula is C10H19NO3. The Morgan fingerprint density at radius 3 is 2.86 bits per heavy atom. The summed E-state index contributed by atoms with van der Waals surface area (Å²) in [5.41, 5.74) is 0. The maximum absolute atomic E-state index is 10.8. The molecule has 0 amide bonds. The SMILES string of the molecule is COC(=O)CCCNC1CCOCC1. The van der Waals surface area contributed by atoms with Crippen LogP contribution in [0.5, 0.6) is 0 Å². The molecule has 1 fully saturated rings. The molecular weight excluding hydrogens is 182 g/mol. The minimum atomic E-state index is -0.126. The van der Waals surface area contributed by atoms with Crippen LogP contribution < -0.4 is 5.32 Å². The molecule has 1 rings (SSSR count). The van der Waals surface area contributed by atoms with Crippen molar-refractivity contribution in [2.45, 2.75) is 31.7 Å². The highest BCUT2D eigenvalue weighted by atomic mass is 16.5. The van der Waals surface area contributed by atoms with E-state index in [1.165, 1.54) is 7.11 Å². The molecule has 1 N–H and O–H groups in total. The third-order valence-corrected chi connectivity index (χ3v) is 2.44. The zero-order valence-electron chi connectivity index (χ0n) is 8.75. The van der Waals surface area contributed by atoms with Gasteiger partial charge in [-0.15, -0.1) is 0 Å². The van der Waals surface area contributed by atoms with E-state index in [1.54, 1.807) is 0 Å². The Morgan fingerprint density at radius 1 is 1.50 bits per heavy atom. The fraction of sp³-hybridized carbons (Fsp3) is 0.900. The molecule has 14 heavy (non-hydrogen) atoms. The molecule has 0 saturated carbocycles. The van der Waals surface area contributed by atoms with Gasteiger partial charge in [0.1, 0.15) is 0 Å². The van der Waals surface area contributed by atoms with E-state index >= 15 is 0 Å². The summed E-state index contributed by atoms with van der Waals surface area (Å²) in [6.07, 6.45) is 3.52. The second-order valence-electron chi connectivity index (χ2n) is 3.52. The Labute approximate surface area is 85.0 Å². The fourth-order valence-corrected chi connectivity index (χ4v) is 1.54. The van der Waals surface area contributed by atoms with Gasteiger partial charge in [0, 0.05) is 25.7 Å². The first-order valence-electron chi connectivity index (χ1n) is 5.21. The number of carbonyl (C=O) groups is 1. The molecule has 1 aliphatic rings. The summed E-state index contributed by atoms with van der Waals surface area (Å²) in [4.78, 5) is 10.8. The smallest absolute Gasteiger partial charge is 0.305 e. The minimum Gasteiger partial charge on any atom is -0.469 e. The number of esters is 1. The van der Waals surface area contributed by atoms with Crippen LogP contribution in [-0.4, -0.2) is 38.9 Å². The van der Waals surface area contributed by atoms with Gasteiger partial charge in [-0.3, -0.25) is 4.79 Å². The Balaban J connectivity index is 1.94. The highest BCUT2D eigenvalue weighted by Crippen LogP contribution is 2.05. The third kappa shape index (κ3) is 4.58. The van der Waals surface area contributed by atoms with Gasteiger partial charge in [-0.25, -0.2) is 0 Å². The lowest BCUT2D eigenvalue weighted by atomic mass is 10.1. The standard InChI is InChI=1S/C10H19NO3/c1-13-10(12)3-2-6-11-9-4-7-14-8-5-9/h9,11H,2-8H2,1H3. The van der Waals surface area contributed by atoms with Crippen molar-refractivity contribution in [1.82, 2.24) is 5.32 Å². The lowest BCUT2D eigenvalue weighted by Crippen LogP contribution is -2.35. The number of methoxy groups -OCH3 is 1. The summed E-state index contributed by atoms with van der Waals surface area (Å²) in [5, 5.41) is 3.41. The van der Waals surface area contributed by atoms with E-state index in [1.807, 2.05) is 0 Å². The van der Waals surface area contributed by atoms with E-state index in [2.05, 4.69) is 10.1 Å². The molecule has 0 unspecified atom stereocenters. The molecule has 4 nitrogen and oxygen atoms in total. The summed E-state index contributed by atoms with van der Waals surface area (Å²) < 4.78 is 9.80. The minimum absolute atomic E-state index is 0.126. The number of nitrogens with one attached hydrogen (secondary N) is 1. The Bertz CT molecular complexity index is 167. The van der Waals surface area contributed by atoms with Crippen molar-refractivity contribution in [1.29, 1.82) is 0 Å². The monoisotopic (exact) mass is 201 g/mol. The van der Waals surface area contributed by atoms with Gasteiger partial charge in [0.2, 0.25) is 0 Å². The van der Waals surface area contributed by atoms with Crippen molar-refractivity contribution in [2.75, 3.05) is 26.9 Å². The molecule has 0 aromatic heterocycles. The molecule has 1 saturated heterocycles. The van der Waals surface area contributed by atoms with Crippen LogP contribution in [0.1, 0.15) is 25.7 Å². The third-order valence-electron chi connectivity index (χ3n) is 2.44. The lowest BCUT2D eigenvalue weighted by Gasteiger charge is -2.23. The first-order valence-corrected chi connectivity index (χ1v) is 5.21. The fourth-order valence-electron chi connectivity index (χ4n) is 1.54. The van der Waals surface area contributed by atoms with Gasteiger partial charge >= 0.3 is 5.97 Å². The van der Waals surface area contributed by atoms with Crippen molar-refractivity contribution in [3.63, 3.8) is 0 Å². The average molecular weight is 201 g/mol. The van der Waals surface area contributed by atoms with Crippen LogP contribution in [-0.2, 0) is 14.3 Å². The van der Waals surface area contributed by atoms with E-state index < -0.39 is 0 Å². The zero-order valence-corrected chi connectivity index (χ0v) is 8.75. The molecule has 0 aromatic carbocycles. The average Bonchev–Trinajstić information content (AvgIpc) is 2.25. The van der Waals surface area contributed by atoms with E-state index in [0.29, 0.717) is 12.5 Å². The summed E-state index contributed by atoms with van der Waals surface area (Å²) in [7, 11) is 1.42. The molecule has 1 heterocycles. The number of rotatable bonds is 5. The number of carbonyl (C=O) groups excluding carboxylic acids is 1. The van der Waals surface area contributed by atoms with Crippen LogP contribution in [0.4, 0.5) is 0 Å². The van der Waals surface area contributed by atoms with E-state index in [-0.39, 0.29) is 5.97 Å². The number of hydrogen-bond donors (Lipinski definition) is 1. The molecule has 0 spiro atoms. The van der Waals surface area contributed by atoms with Crippen LogP contribution in [0.25, 0.3) is 0 Å². The van der Waals surface area contributed by atoms with Gasteiger partial charge < -0.3 is 14.8 Å². The molecule has 1 aliphatic heterocycles. The highest BCUT2D eigenvalue weighted by Gasteiger charge is 2.12. The Hall–Kier alpha value is -0.610. The molecule has 0 aromatic rings. The summed E-state index contributed by atoms with van der Waals surface area (Å²) >= 11 is 0. The van der Waals surface area contributed by atoms with E-state index in [9.17, 15) is 4.79 Å². The molecule has 0 atom stereocenters. The Kier molecular flexibility index (Phi) is 5.56. The molecule has 82 valence electrons. The molecule has 4 heteroatoms. The summed E-state index contributed by atoms with van der Waals surface area (Å²) in [6.45, 7) is 2.60. The van der Waals surface area contributed by atoms with E-state index in [0.717, 1.165) is 39.0 Å². The topological polar surface area (TPSA) is 47.6 Å². The van der Waals surface area contributed by atoms with Gasteiger partial charge in [0.05, 0.1) is 7.11 Å². The predicted molar refractivity (Wildman–Crippen MR) is 53.1 cm³/mol. The summed E-state index contributed by atoms with van der Waals surface area (Å²) in [5.74, 6) is -0.126. The largest absolute Gasteiger partial charge is 0.469 e. The van der Waals surface area contributed by atoms with Crippen LogP contribution in [0.2, 0.25) is 0 Å². The van der Waals surface area contributed by atoms with Crippen LogP contribution in [0, 0.1) is 0 Å². The normalized spacial score (nSPS) is 18.1. The van der Waals surface area contributed by atoms with Crippen molar-refractivity contribution in [3.05, 3.63) is 0 Å². The maximum Gasteiger partial charge on any atom is 0.305 e. The first kappa shape index (κ1) is 11.5. The second kappa shape index (κ2) is 6.79. The second-order valence-corrected chi connectivity index (χ2v) is 3.52. The molecule has 0 aliphatic carbocycles. The Morgan fingerprint density at radius 2 is 2.21 bits per heavy atom. The van der Waals surface area contributed by atoms with Crippen molar-refractivity contribution in [3.8, 4) is 0 Å². The van der Waals surface area contributed by atoms with Gasteiger partial charge in [0.25, 0.3) is 0 Å². The molecule has 0 radical (unpaired) electrons. The van der Waals surface area contributed by atoms with Gasteiger partial charge in [-0.2, -0.15) is 0 Å². The highest BCUT2D eigenvalue weighted by molar-refractivity contribution is 5.69. The van der Waals surface area contributed by atoms with Crippen LogP contribution in [0.15, 0.2) is 0 Å². The zero-order chi connectivity index (χ0) is 10.2. The van der Waals surface area contributed by atoms with Crippen molar-refractivity contribution >= 4 is 5.97 Å². The number of ether oxygens (including phenoxy) is 2. The summed E-state index contributed by atoms with van der Waals surface area (Å²) in [6, 6.07) is 0.571. The molecule has 0 bridgehead atoms. The van der Waals surface area contributed by atoms with Crippen LogP contribution in [0.3, 0.4) is 0 Å².